The Labute approximate surface area is 189 Å². The summed E-state index contributed by atoms with van der Waals surface area (Å²) in [5.41, 5.74) is 3.45. The van der Waals surface area contributed by atoms with Gasteiger partial charge in [-0.15, -0.1) is 0 Å². The molecule has 0 aromatic heterocycles. The number of amides is 1. The molecule has 0 bridgehead atoms. The summed E-state index contributed by atoms with van der Waals surface area (Å²) in [5.74, 6) is 1.39. The fourth-order valence-electron chi connectivity index (χ4n) is 3.41. The molecule has 0 aliphatic heterocycles. The number of carbonyl (C=O) groups excluding carboxylic acids is 1. The zero-order valence-corrected chi connectivity index (χ0v) is 18.5. The van der Waals surface area contributed by atoms with Crippen LogP contribution in [-0.4, -0.2) is 31.2 Å². The minimum Gasteiger partial charge on any atom is -0.497 e. The zero-order valence-electron chi connectivity index (χ0n) is 18.5. The molecule has 0 heterocycles. The van der Waals surface area contributed by atoms with Gasteiger partial charge in [0.1, 0.15) is 18.1 Å². The number of anilines is 1. The molecule has 6 heteroatoms. The van der Waals surface area contributed by atoms with Crippen LogP contribution in [0.2, 0.25) is 0 Å². The average molecular weight is 435 g/mol. The molecule has 168 valence electrons. The molecule has 2 unspecified atom stereocenters. The first-order valence-electron chi connectivity index (χ1n) is 10.6. The van der Waals surface area contributed by atoms with Crippen LogP contribution in [0.25, 0.3) is 0 Å². The van der Waals surface area contributed by atoms with E-state index < -0.39 is 6.10 Å². The highest BCUT2D eigenvalue weighted by molar-refractivity contribution is 5.75. The smallest absolute Gasteiger partial charge is 0.211 e. The Morgan fingerprint density at radius 2 is 1.75 bits per heavy atom. The minimum atomic E-state index is -0.719. The van der Waals surface area contributed by atoms with E-state index in [4.69, 9.17) is 9.47 Å². The molecule has 0 radical (unpaired) electrons. The van der Waals surface area contributed by atoms with Crippen LogP contribution in [0.1, 0.15) is 29.7 Å². The van der Waals surface area contributed by atoms with Crippen molar-refractivity contribution in [2.75, 3.05) is 19.0 Å². The van der Waals surface area contributed by atoms with Crippen molar-refractivity contribution in [1.82, 2.24) is 5.32 Å². The highest BCUT2D eigenvalue weighted by Gasteiger charge is 2.13. The highest BCUT2D eigenvalue weighted by Crippen LogP contribution is 2.29. The number of hydrogen-bond acceptors (Lipinski definition) is 5. The van der Waals surface area contributed by atoms with Gasteiger partial charge in [-0.2, -0.15) is 0 Å². The Hall–Kier alpha value is -3.35. The van der Waals surface area contributed by atoms with Crippen molar-refractivity contribution in [3.63, 3.8) is 0 Å². The summed E-state index contributed by atoms with van der Waals surface area (Å²) in [7, 11) is 1.65. The number of hydrogen-bond donors (Lipinski definition) is 3. The van der Waals surface area contributed by atoms with E-state index in [0.717, 1.165) is 17.7 Å². The third kappa shape index (κ3) is 6.83. The molecule has 0 fully saturated rings. The molecule has 0 aliphatic carbocycles. The third-order valence-electron chi connectivity index (χ3n) is 5.20. The first-order chi connectivity index (χ1) is 15.6. The maximum absolute atomic E-state index is 11.1. The number of aliphatic hydroxyl groups is 1. The summed E-state index contributed by atoms with van der Waals surface area (Å²) < 4.78 is 11.1. The molecule has 0 spiro atoms. The lowest BCUT2D eigenvalue weighted by molar-refractivity contribution is -0.105. The van der Waals surface area contributed by atoms with E-state index in [9.17, 15) is 9.90 Å². The van der Waals surface area contributed by atoms with Crippen molar-refractivity contribution < 1.29 is 19.4 Å². The van der Waals surface area contributed by atoms with E-state index in [1.165, 1.54) is 5.56 Å². The Balaban J connectivity index is 1.56. The van der Waals surface area contributed by atoms with Crippen LogP contribution < -0.4 is 20.1 Å². The van der Waals surface area contributed by atoms with Crippen molar-refractivity contribution in [2.24, 2.45) is 0 Å². The summed E-state index contributed by atoms with van der Waals surface area (Å²) >= 11 is 0. The molecule has 2 atom stereocenters. The number of benzene rings is 3. The Morgan fingerprint density at radius 3 is 2.44 bits per heavy atom. The fraction of sp³-hybridized carbons (Fsp3) is 0.269. The van der Waals surface area contributed by atoms with Crippen LogP contribution in [0.4, 0.5) is 5.69 Å². The number of ether oxygens (including phenoxy) is 2. The quantitative estimate of drug-likeness (QED) is 0.374. The van der Waals surface area contributed by atoms with E-state index in [2.05, 4.69) is 17.6 Å². The number of methoxy groups -OCH3 is 1. The van der Waals surface area contributed by atoms with Gasteiger partial charge in [-0.1, -0.05) is 48.5 Å². The lowest BCUT2D eigenvalue weighted by atomic mass is 10.1. The summed E-state index contributed by atoms with van der Waals surface area (Å²) in [6.07, 6.45) is 0.723. The lowest BCUT2D eigenvalue weighted by Crippen LogP contribution is -2.32. The first-order valence-corrected chi connectivity index (χ1v) is 10.6. The maximum atomic E-state index is 11.1. The van der Waals surface area contributed by atoms with Gasteiger partial charge in [0, 0.05) is 12.6 Å². The van der Waals surface area contributed by atoms with E-state index in [1.807, 2.05) is 60.7 Å². The Kier molecular flexibility index (Phi) is 8.66. The van der Waals surface area contributed by atoms with Crippen molar-refractivity contribution in [3.05, 3.63) is 89.5 Å². The second kappa shape index (κ2) is 11.9. The molecule has 3 aromatic rings. The van der Waals surface area contributed by atoms with Crippen LogP contribution in [0.5, 0.6) is 11.5 Å². The van der Waals surface area contributed by atoms with Gasteiger partial charge in [0.2, 0.25) is 6.41 Å². The second-order valence-electron chi connectivity index (χ2n) is 7.67. The van der Waals surface area contributed by atoms with E-state index >= 15 is 0 Å². The Bertz CT molecular complexity index is 977. The molecule has 0 saturated carbocycles. The van der Waals surface area contributed by atoms with Gasteiger partial charge in [-0.3, -0.25) is 4.79 Å². The first kappa shape index (κ1) is 23.3. The number of aliphatic hydroxyl groups excluding tert-OH is 1. The van der Waals surface area contributed by atoms with Gasteiger partial charge in [-0.25, -0.2) is 0 Å². The average Bonchev–Trinajstić information content (AvgIpc) is 2.83. The van der Waals surface area contributed by atoms with Gasteiger partial charge >= 0.3 is 0 Å². The SMILES string of the molecule is COc1ccc(CC(C)NCC(O)c2ccc(OCc3ccccc3)c(NC=O)c2)cc1. The van der Waals surface area contributed by atoms with Crippen molar-refractivity contribution >= 4 is 12.1 Å². The van der Waals surface area contributed by atoms with Crippen LogP contribution in [0, 0.1) is 0 Å². The molecule has 0 saturated heterocycles. The van der Waals surface area contributed by atoms with E-state index in [0.29, 0.717) is 36.6 Å². The van der Waals surface area contributed by atoms with Crippen LogP contribution in [-0.2, 0) is 17.8 Å². The maximum Gasteiger partial charge on any atom is 0.211 e. The number of rotatable bonds is 12. The molecule has 3 rings (SSSR count). The van der Waals surface area contributed by atoms with Gasteiger partial charge in [0.05, 0.1) is 18.9 Å². The predicted molar refractivity (Wildman–Crippen MR) is 126 cm³/mol. The number of nitrogens with one attached hydrogen (secondary N) is 2. The van der Waals surface area contributed by atoms with Crippen LogP contribution in [0.3, 0.4) is 0 Å². The lowest BCUT2D eigenvalue weighted by Gasteiger charge is -2.19. The Morgan fingerprint density at radius 1 is 1.00 bits per heavy atom. The fourth-order valence-corrected chi connectivity index (χ4v) is 3.41. The summed E-state index contributed by atoms with van der Waals surface area (Å²) in [4.78, 5) is 11.1. The van der Waals surface area contributed by atoms with Crippen molar-refractivity contribution in [2.45, 2.75) is 32.1 Å². The summed E-state index contributed by atoms with van der Waals surface area (Å²) in [6, 6.07) is 23.3. The molecular formula is C26H30N2O4. The topological polar surface area (TPSA) is 79.8 Å². The molecule has 1 amide bonds. The molecular weight excluding hydrogens is 404 g/mol. The number of carbonyl (C=O) groups is 1. The standard InChI is InChI=1S/C26H30N2O4/c1-19(14-20-8-11-23(31-2)12-9-20)27-16-25(30)22-10-13-26(24(15-22)28-18-29)32-17-21-6-4-3-5-7-21/h3-13,15,18-19,25,27,30H,14,16-17H2,1-2H3,(H,28,29). The van der Waals surface area contributed by atoms with Gasteiger partial charge < -0.3 is 25.2 Å². The molecule has 3 aromatic carbocycles. The van der Waals surface area contributed by atoms with E-state index in [-0.39, 0.29) is 6.04 Å². The van der Waals surface area contributed by atoms with Crippen LogP contribution >= 0.6 is 0 Å². The van der Waals surface area contributed by atoms with Crippen LogP contribution in [0.15, 0.2) is 72.8 Å². The molecule has 32 heavy (non-hydrogen) atoms. The zero-order chi connectivity index (χ0) is 22.8. The minimum absolute atomic E-state index is 0.180. The van der Waals surface area contributed by atoms with Gasteiger partial charge in [0.15, 0.2) is 0 Å². The van der Waals surface area contributed by atoms with Gasteiger partial charge in [0.25, 0.3) is 0 Å². The monoisotopic (exact) mass is 434 g/mol. The molecule has 6 nitrogen and oxygen atoms in total. The predicted octanol–water partition coefficient (Wildman–Crippen LogP) is 4.10. The largest absolute Gasteiger partial charge is 0.497 e. The van der Waals surface area contributed by atoms with Crippen molar-refractivity contribution in [1.29, 1.82) is 0 Å². The molecule has 0 aliphatic rings. The highest BCUT2D eigenvalue weighted by atomic mass is 16.5. The van der Waals surface area contributed by atoms with Gasteiger partial charge in [-0.05, 0) is 54.3 Å². The summed E-state index contributed by atoms with van der Waals surface area (Å²) in [6.45, 7) is 2.86. The van der Waals surface area contributed by atoms with Crippen molar-refractivity contribution in [3.8, 4) is 11.5 Å². The third-order valence-corrected chi connectivity index (χ3v) is 5.20. The second-order valence-corrected chi connectivity index (χ2v) is 7.67. The van der Waals surface area contributed by atoms with E-state index in [1.54, 1.807) is 19.2 Å². The molecule has 3 N–H and O–H groups in total. The summed E-state index contributed by atoms with van der Waals surface area (Å²) in [5, 5.41) is 16.7. The normalized spacial score (nSPS) is 12.6.